The summed E-state index contributed by atoms with van der Waals surface area (Å²) >= 11 is 0. The average molecular weight is 364 g/mol. The highest BCUT2D eigenvalue weighted by Gasteiger charge is 2.68. The first-order valence-corrected chi connectivity index (χ1v) is 10.2. The molecule has 146 valence electrons. The van der Waals surface area contributed by atoms with Gasteiger partial charge in [-0.1, -0.05) is 13.8 Å². The fourth-order valence-corrected chi connectivity index (χ4v) is 7.64. The van der Waals surface area contributed by atoms with Crippen LogP contribution in [0.1, 0.15) is 65.2 Å². The molecule has 26 heavy (non-hydrogen) atoms. The Bertz CT molecular complexity index is 632. The Balaban J connectivity index is 1.70. The van der Waals surface area contributed by atoms with E-state index < -0.39 is 23.4 Å². The molecule has 0 aliphatic heterocycles. The molecular weight excluding hydrogens is 332 g/mol. The lowest BCUT2D eigenvalue weighted by Crippen LogP contribution is -2.62. The van der Waals surface area contributed by atoms with Crippen molar-refractivity contribution < 1.29 is 24.9 Å². The minimum Gasteiger partial charge on any atom is -0.393 e. The highest BCUT2D eigenvalue weighted by molar-refractivity contribution is 5.92. The third-order valence-electron chi connectivity index (χ3n) is 9.08. The lowest BCUT2D eigenvalue weighted by Gasteiger charge is -2.60. The predicted octanol–water partition coefficient (Wildman–Crippen LogP) is 1.86. The lowest BCUT2D eigenvalue weighted by atomic mass is 9.44. The molecule has 0 spiro atoms. The largest absolute Gasteiger partial charge is 0.393 e. The van der Waals surface area contributed by atoms with Crippen molar-refractivity contribution in [3.05, 3.63) is 0 Å². The van der Waals surface area contributed by atoms with Gasteiger partial charge in [-0.2, -0.15) is 0 Å². The minimum atomic E-state index is -1.58. The second kappa shape index (κ2) is 5.86. The van der Waals surface area contributed by atoms with Crippen LogP contribution in [0, 0.1) is 34.5 Å². The number of carbonyl (C=O) groups is 2. The molecule has 4 saturated carbocycles. The van der Waals surface area contributed by atoms with Crippen molar-refractivity contribution in [2.24, 2.45) is 34.5 Å². The molecular formula is C21H32O5. The molecule has 4 rings (SSSR count). The van der Waals surface area contributed by atoms with Crippen LogP contribution < -0.4 is 0 Å². The standard InChI is InChI=1S/C21H32O5/c1-19-7-5-13(23)9-12(19)3-4-14-15-6-8-21(26,17(25)11-22)20(15,2)10-16(24)18(14)19/h12-15,18,22-23,26H,3-11H2,1-2H3. The summed E-state index contributed by atoms with van der Waals surface area (Å²) in [4.78, 5) is 25.7. The summed E-state index contributed by atoms with van der Waals surface area (Å²) in [5, 5.41) is 30.6. The summed E-state index contributed by atoms with van der Waals surface area (Å²) in [5.41, 5.74) is -2.40. The summed E-state index contributed by atoms with van der Waals surface area (Å²) < 4.78 is 0. The molecule has 5 nitrogen and oxygen atoms in total. The molecule has 0 bridgehead atoms. The number of fused-ring (bicyclic) bond motifs is 5. The van der Waals surface area contributed by atoms with Crippen molar-refractivity contribution in [2.75, 3.05) is 6.61 Å². The Hall–Kier alpha value is -0.780. The molecule has 8 unspecified atom stereocenters. The van der Waals surface area contributed by atoms with E-state index in [1.165, 1.54) is 0 Å². The maximum absolute atomic E-state index is 13.4. The Labute approximate surface area is 155 Å². The van der Waals surface area contributed by atoms with Crippen molar-refractivity contribution >= 4 is 11.6 Å². The third kappa shape index (κ3) is 2.20. The topological polar surface area (TPSA) is 94.8 Å². The second-order valence-corrected chi connectivity index (χ2v) is 10.00. The average Bonchev–Trinajstić information content (AvgIpc) is 2.86. The summed E-state index contributed by atoms with van der Waals surface area (Å²) in [6, 6.07) is 0. The van der Waals surface area contributed by atoms with Gasteiger partial charge in [0.1, 0.15) is 18.0 Å². The maximum Gasteiger partial charge on any atom is 0.190 e. The van der Waals surface area contributed by atoms with E-state index in [1.807, 2.05) is 6.92 Å². The molecule has 0 saturated heterocycles. The SMILES string of the molecule is CC12CCC(O)CC1CCC1C2C(=O)CC2(C)C1CCC2(O)C(=O)CO. The molecule has 0 radical (unpaired) electrons. The van der Waals surface area contributed by atoms with E-state index in [9.17, 15) is 24.9 Å². The number of aliphatic hydroxyl groups excluding tert-OH is 2. The van der Waals surface area contributed by atoms with Crippen LogP contribution in [0.25, 0.3) is 0 Å². The molecule has 0 aromatic rings. The van der Waals surface area contributed by atoms with Crippen LogP contribution in [0.2, 0.25) is 0 Å². The van der Waals surface area contributed by atoms with E-state index >= 15 is 0 Å². The van der Waals surface area contributed by atoms with E-state index in [-0.39, 0.29) is 41.5 Å². The van der Waals surface area contributed by atoms with E-state index in [0.29, 0.717) is 12.3 Å². The van der Waals surface area contributed by atoms with Gasteiger partial charge in [0, 0.05) is 17.8 Å². The second-order valence-electron chi connectivity index (χ2n) is 10.00. The van der Waals surface area contributed by atoms with Crippen LogP contribution in [0.15, 0.2) is 0 Å². The smallest absolute Gasteiger partial charge is 0.190 e. The zero-order chi connectivity index (χ0) is 18.9. The van der Waals surface area contributed by atoms with Crippen molar-refractivity contribution in [2.45, 2.75) is 76.9 Å². The van der Waals surface area contributed by atoms with Crippen LogP contribution in [0.5, 0.6) is 0 Å². The molecule has 0 aromatic carbocycles. The summed E-state index contributed by atoms with van der Waals surface area (Å²) in [5.74, 6) is 0.380. The van der Waals surface area contributed by atoms with Crippen molar-refractivity contribution in [3.8, 4) is 0 Å². The van der Waals surface area contributed by atoms with Crippen molar-refractivity contribution in [1.82, 2.24) is 0 Å². The lowest BCUT2D eigenvalue weighted by molar-refractivity contribution is -0.180. The molecule has 0 heterocycles. The molecule has 4 aliphatic rings. The van der Waals surface area contributed by atoms with Crippen LogP contribution in [0.4, 0.5) is 0 Å². The Morgan fingerprint density at radius 1 is 1.15 bits per heavy atom. The van der Waals surface area contributed by atoms with Crippen molar-refractivity contribution in [1.29, 1.82) is 0 Å². The molecule has 4 aliphatic carbocycles. The summed E-state index contributed by atoms with van der Waals surface area (Å²) in [6.45, 7) is 3.46. The van der Waals surface area contributed by atoms with Gasteiger partial charge in [0.15, 0.2) is 5.78 Å². The van der Waals surface area contributed by atoms with Gasteiger partial charge in [-0.05, 0) is 68.1 Å². The van der Waals surface area contributed by atoms with Gasteiger partial charge in [0.2, 0.25) is 0 Å². The van der Waals surface area contributed by atoms with E-state index in [4.69, 9.17) is 0 Å². The summed E-state index contributed by atoms with van der Waals surface area (Å²) in [6.07, 6.45) is 5.47. The van der Waals surface area contributed by atoms with E-state index in [1.54, 1.807) is 0 Å². The normalized spacial score (nSPS) is 53.6. The van der Waals surface area contributed by atoms with Gasteiger partial charge in [0.05, 0.1) is 6.10 Å². The third-order valence-corrected chi connectivity index (χ3v) is 9.08. The summed E-state index contributed by atoms with van der Waals surface area (Å²) in [7, 11) is 0. The first kappa shape index (κ1) is 18.6. The maximum atomic E-state index is 13.4. The monoisotopic (exact) mass is 364 g/mol. The highest BCUT2D eigenvalue weighted by Crippen LogP contribution is 2.67. The van der Waals surface area contributed by atoms with Gasteiger partial charge in [-0.15, -0.1) is 0 Å². The van der Waals surface area contributed by atoms with Gasteiger partial charge >= 0.3 is 0 Å². The number of Topliss-reactive ketones (excluding diaryl/α,β-unsaturated/α-hetero) is 2. The fraction of sp³-hybridized carbons (Fsp3) is 0.905. The molecule has 5 heteroatoms. The number of carbonyl (C=O) groups excluding carboxylic acids is 2. The van der Waals surface area contributed by atoms with Gasteiger partial charge in [-0.3, -0.25) is 9.59 Å². The van der Waals surface area contributed by atoms with Gasteiger partial charge in [-0.25, -0.2) is 0 Å². The van der Waals surface area contributed by atoms with Crippen LogP contribution in [-0.2, 0) is 9.59 Å². The Morgan fingerprint density at radius 3 is 2.58 bits per heavy atom. The molecule has 0 aromatic heterocycles. The first-order chi connectivity index (χ1) is 12.2. The van der Waals surface area contributed by atoms with Crippen LogP contribution in [-0.4, -0.2) is 45.2 Å². The Morgan fingerprint density at radius 2 is 1.88 bits per heavy atom. The van der Waals surface area contributed by atoms with Gasteiger partial charge < -0.3 is 15.3 Å². The zero-order valence-electron chi connectivity index (χ0n) is 15.9. The fourth-order valence-electron chi connectivity index (χ4n) is 7.64. The minimum absolute atomic E-state index is 0.0154. The predicted molar refractivity (Wildman–Crippen MR) is 95.2 cm³/mol. The van der Waals surface area contributed by atoms with E-state index in [2.05, 4.69) is 6.92 Å². The molecule has 8 atom stereocenters. The number of hydrogen-bond acceptors (Lipinski definition) is 5. The zero-order valence-corrected chi connectivity index (χ0v) is 15.9. The highest BCUT2D eigenvalue weighted by atomic mass is 16.3. The molecule has 3 N–H and O–H groups in total. The van der Waals surface area contributed by atoms with E-state index in [0.717, 1.165) is 38.5 Å². The van der Waals surface area contributed by atoms with Crippen LogP contribution in [0.3, 0.4) is 0 Å². The number of rotatable bonds is 2. The Kier molecular flexibility index (Phi) is 4.18. The molecule has 0 amide bonds. The number of hydrogen-bond donors (Lipinski definition) is 3. The molecule has 4 fully saturated rings. The van der Waals surface area contributed by atoms with Crippen molar-refractivity contribution in [3.63, 3.8) is 0 Å². The van der Waals surface area contributed by atoms with Gasteiger partial charge in [0.25, 0.3) is 0 Å². The van der Waals surface area contributed by atoms with Crippen LogP contribution >= 0.6 is 0 Å². The number of aliphatic hydroxyl groups is 3. The quantitative estimate of drug-likeness (QED) is 0.695. The first-order valence-electron chi connectivity index (χ1n) is 10.2. The number of ketones is 2.